The number of benzene rings is 5. The predicted octanol–water partition coefficient (Wildman–Crippen LogP) is 8.98. The van der Waals surface area contributed by atoms with E-state index in [0.717, 1.165) is 33.9 Å². The zero-order valence-corrected chi connectivity index (χ0v) is 28.9. The number of rotatable bonds is 15. The van der Waals surface area contributed by atoms with Gasteiger partial charge in [0, 0.05) is 17.1 Å². The molecular weight excluding hydrogens is 662 g/mol. The third-order valence-electron chi connectivity index (χ3n) is 9.09. The minimum Gasteiger partial charge on any atom is -0.374 e. The largest absolute Gasteiger partial charge is 0.374 e. The van der Waals surface area contributed by atoms with Gasteiger partial charge in [0.05, 0.1) is 43.6 Å². The summed E-state index contributed by atoms with van der Waals surface area (Å²) in [6.45, 7) is 1.56. The molecule has 1 aliphatic rings. The first-order chi connectivity index (χ1) is 25.2. The Balaban J connectivity index is 1.30. The maximum Gasteiger partial charge on any atom is 0.163 e. The van der Waals surface area contributed by atoms with Crippen molar-refractivity contribution < 1.29 is 28.5 Å². The SMILES string of the molecule is O=Cc1cn([C@@H]2O[C@H](COCc3ccccc3)[C@@H](OCc3ccccc3)[C@H](OCc3ccccc3)[C@H]2OCc2ccccc2)c2c(Cl)cccc12. The van der Waals surface area contributed by atoms with Gasteiger partial charge < -0.3 is 28.3 Å². The van der Waals surface area contributed by atoms with Gasteiger partial charge in [-0.05, 0) is 28.3 Å². The van der Waals surface area contributed by atoms with E-state index in [9.17, 15) is 4.79 Å². The average molecular weight is 702 g/mol. The summed E-state index contributed by atoms with van der Waals surface area (Å²) in [6, 6.07) is 45.6. The van der Waals surface area contributed by atoms with Crippen molar-refractivity contribution >= 4 is 28.8 Å². The van der Waals surface area contributed by atoms with E-state index in [-0.39, 0.29) is 6.61 Å². The molecule has 0 saturated carbocycles. The van der Waals surface area contributed by atoms with E-state index < -0.39 is 30.6 Å². The zero-order valence-electron chi connectivity index (χ0n) is 28.1. The molecule has 51 heavy (non-hydrogen) atoms. The number of hydrogen-bond donors (Lipinski definition) is 0. The molecule has 0 N–H and O–H groups in total. The van der Waals surface area contributed by atoms with Gasteiger partial charge >= 0.3 is 0 Å². The molecular formula is C43H40ClNO6. The van der Waals surface area contributed by atoms with Crippen LogP contribution in [0.4, 0.5) is 0 Å². The van der Waals surface area contributed by atoms with Crippen LogP contribution in [0.1, 0.15) is 38.8 Å². The Hall–Kier alpha value is -4.60. The highest BCUT2D eigenvalue weighted by Crippen LogP contribution is 2.40. The Morgan fingerprint density at radius 1 is 0.588 bits per heavy atom. The van der Waals surface area contributed by atoms with Crippen molar-refractivity contribution in [1.82, 2.24) is 4.57 Å². The molecule has 8 heteroatoms. The van der Waals surface area contributed by atoms with Crippen LogP contribution in [0.3, 0.4) is 0 Å². The third-order valence-corrected chi connectivity index (χ3v) is 9.40. The van der Waals surface area contributed by atoms with E-state index in [0.29, 0.717) is 42.5 Å². The van der Waals surface area contributed by atoms with E-state index in [2.05, 4.69) is 0 Å². The van der Waals surface area contributed by atoms with E-state index in [4.69, 9.17) is 35.3 Å². The lowest BCUT2D eigenvalue weighted by Gasteiger charge is -2.46. The molecule has 0 unspecified atom stereocenters. The number of aromatic nitrogens is 1. The van der Waals surface area contributed by atoms with Gasteiger partial charge in [-0.25, -0.2) is 0 Å². The van der Waals surface area contributed by atoms with Crippen LogP contribution >= 0.6 is 11.6 Å². The van der Waals surface area contributed by atoms with E-state index in [1.54, 1.807) is 6.20 Å². The molecule has 6 aromatic rings. The zero-order chi connectivity index (χ0) is 34.8. The molecule has 260 valence electrons. The van der Waals surface area contributed by atoms with Crippen molar-refractivity contribution in [2.75, 3.05) is 6.61 Å². The van der Waals surface area contributed by atoms with E-state index in [1.165, 1.54) is 0 Å². The summed E-state index contributed by atoms with van der Waals surface area (Å²) >= 11 is 6.87. The normalized spacial score (nSPS) is 20.4. The van der Waals surface area contributed by atoms with Gasteiger partial charge in [0.1, 0.15) is 24.4 Å². The summed E-state index contributed by atoms with van der Waals surface area (Å²) in [5, 5.41) is 1.22. The summed E-state index contributed by atoms with van der Waals surface area (Å²) in [7, 11) is 0. The van der Waals surface area contributed by atoms with Crippen LogP contribution in [0.5, 0.6) is 0 Å². The molecule has 7 rings (SSSR count). The number of carbonyl (C=O) groups is 1. The van der Waals surface area contributed by atoms with Crippen molar-refractivity contribution in [3.63, 3.8) is 0 Å². The van der Waals surface area contributed by atoms with Gasteiger partial charge in [-0.15, -0.1) is 0 Å². The quantitative estimate of drug-likeness (QED) is 0.0996. The second-order valence-corrected chi connectivity index (χ2v) is 13.0. The fraction of sp³-hybridized carbons (Fsp3) is 0.233. The Morgan fingerprint density at radius 3 is 1.61 bits per heavy atom. The summed E-state index contributed by atoms with van der Waals surface area (Å²) in [4.78, 5) is 12.4. The maximum absolute atomic E-state index is 12.4. The first kappa shape index (κ1) is 34.8. The fourth-order valence-corrected chi connectivity index (χ4v) is 6.85. The summed E-state index contributed by atoms with van der Waals surface area (Å²) in [6.07, 6.45) is -0.619. The smallest absolute Gasteiger partial charge is 0.163 e. The van der Waals surface area contributed by atoms with Crippen LogP contribution in [0, 0.1) is 0 Å². The number of fused-ring (bicyclic) bond motifs is 1. The number of hydrogen-bond acceptors (Lipinski definition) is 6. The summed E-state index contributed by atoms with van der Waals surface area (Å²) in [5.74, 6) is 0. The Labute approximate surface area is 303 Å². The van der Waals surface area contributed by atoms with Gasteiger partial charge in [-0.2, -0.15) is 0 Å². The number of halogens is 1. The highest BCUT2D eigenvalue weighted by Gasteiger charge is 2.49. The van der Waals surface area contributed by atoms with Gasteiger partial charge in [0.15, 0.2) is 12.5 Å². The second kappa shape index (κ2) is 17.1. The Bertz CT molecular complexity index is 1970. The summed E-state index contributed by atoms with van der Waals surface area (Å²) in [5.41, 5.74) is 5.25. The van der Waals surface area contributed by atoms with Crippen LogP contribution in [0.25, 0.3) is 10.9 Å². The molecule has 2 heterocycles. The topological polar surface area (TPSA) is 68.2 Å². The molecule has 5 atom stereocenters. The van der Waals surface area contributed by atoms with Crippen molar-refractivity contribution in [3.05, 3.63) is 179 Å². The van der Waals surface area contributed by atoms with Gasteiger partial charge in [-0.1, -0.05) is 145 Å². The molecule has 1 aromatic heterocycles. The molecule has 7 nitrogen and oxygen atoms in total. The first-order valence-electron chi connectivity index (χ1n) is 17.2. The highest BCUT2D eigenvalue weighted by atomic mass is 35.5. The average Bonchev–Trinajstić information content (AvgIpc) is 3.57. The van der Waals surface area contributed by atoms with Gasteiger partial charge in [0.25, 0.3) is 0 Å². The molecule has 1 aliphatic heterocycles. The van der Waals surface area contributed by atoms with Gasteiger partial charge in [0.2, 0.25) is 0 Å². The van der Waals surface area contributed by atoms with Crippen LogP contribution in [0.2, 0.25) is 5.02 Å². The van der Waals surface area contributed by atoms with Crippen molar-refractivity contribution in [1.29, 1.82) is 0 Å². The number of aldehydes is 1. The monoisotopic (exact) mass is 701 g/mol. The number of ether oxygens (including phenoxy) is 5. The minimum atomic E-state index is -0.757. The molecule has 1 fully saturated rings. The van der Waals surface area contributed by atoms with Crippen LogP contribution < -0.4 is 0 Å². The fourth-order valence-electron chi connectivity index (χ4n) is 6.58. The number of carbonyl (C=O) groups excluding carboxylic acids is 1. The minimum absolute atomic E-state index is 0.217. The van der Waals surface area contributed by atoms with Crippen LogP contribution in [-0.4, -0.2) is 41.9 Å². The molecule has 0 amide bonds. The summed E-state index contributed by atoms with van der Waals surface area (Å²) < 4.78 is 35.8. The molecule has 1 saturated heterocycles. The van der Waals surface area contributed by atoms with E-state index >= 15 is 0 Å². The van der Waals surface area contributed by atoms with Crippen molar-refractivity contribution in [2.45, 2.75) is 57.1 Å². The third kappa shape index (κ3) is 8.48. The molecule has 0 aliphatic carbocycles. The lowest BCUT2D eigenvalue weighted by Crippen LogP contribution is -2.59. The predicted molar refractivity (Wildman–Crippen MR) is 197 cm³/mol. The van der Waals surface area contributed by atoms with Gasteiger partial charge in [-0.3, -0.25) is 4.79 Å². The molecule has 0 spiro atoms. The first-order valence-corrected chi connectivity index (χ1v) is 17.5. The van der Waals surface area contributed by atoms with Crippen LogP contribution in [0.15, 0.2) is 146 Å². The standard InChI is InChI=1S/C43H40ClNO6/c44-37-23-13-22-36-35(25-46)24-45(39(36)37)43-42(50-29-34-20-11-4-12-21-34)41(49-28-33-18-9-3-10-19-33)40(48-27-32-16-7-2-8-17-32)38(51-43)30-47-26-31-14-5-1-6-15-31/h1-25,38,40-43H,26-30H2/t38-,40-,41+,42-,43-/m1/s1. The van der Waals surface area contributed by atoms with Crippen molar-refractivity contribution in [2.24, 2.45) is 0 Å². The lowest BCUT2D eigenvalue weighted by atomic mass is 9.96. The van der Waals surface area contributed by atoms with Crippen LogP contribution in [-0.2, 0) is 50.1 Å². The molecule has 5 aromatic carbocycles. The van der Waals surface area contributed by atoms with E-state index in [1.807, 2.05) is 144 Å². The number of para-hydroxylation sites is 1. The second-order valence-electron chi connectivity index (χ2n) is 12.6. The Kier molecular flexibility index (Phi) is 11.7. The molecule has 0 radical (unpaired) electrons. The highest BCUT2D eigenvalue weighted by molar-refractivity contribution is 6.35. The van der Waals surface area contributed by atoms with Crippen molar-refractivity contribution in [3.8, 4) is 0 Å². The Morgan fingerprint density at radius 2 is 1.08 bits per heavy atom. The maximum atomic E-state index is 12.4. The molecule has 0 bridgehead atoms. The number of nitrogens with zero attached hydrogens (tertiary/aromatic N) is 1. The lowest BCUT2D eigenvalue weighted by molar-refractivity contribution is -0.289.